The fourth-order valence-electron chi connectivity index (χ4n) is 3.20. The molecule has 10 heteroatoms. The second kappa shape index (κ2) is 14.8. The SMILES string of the molecule is CC(C)CC(N)C(=O)NC(C(=O)NC(CCCCN)C(=O)NC(C(=O)O)C(C)C)C(C)C. The van der Waals surface area contributed by atoms with E-state index in [0.29, 0.717) is 32.2 Å². The molecule has 0 bridgehead atoms. The Kier molecular flexibility index (Phi) is 13.8. The molecule has 186 valence electrons. The van der Waals surface area contributed by atoms with Crippen molar-refractivity contribution in [2.75, 3.05) is 6.54 Å². The standard InChI is InChI=1S/C22H43N5O5/c1-12(2)11-15(24)19(28)26-17(13(3)4)21(30)25-16(9-7-8-10-23)20(29)27-18(14(5)6)22(31)32/h12-18H,7-11,23-24H2,1-6H3,(H,25,30)(H,26,28)(H,27,29)(H,31,32). The molecule has 0 aliphatic rings. The molecule has 0 heterocycles. The number of carboxylic acid groups (broad SMARTS) is 1. The highest BCUT2D eigenvalue weighted by Gasteiger charge is 2.32. The number of unbranched alkanes of at least 4 members (excludes halogenated alkanes) is 1. The van der Waals surface area contributed by atoms with Gasteiger partial charge in [0.2, 0.25) is 17.7 Å². The van der Waals surface area contributed by atoms with Gasteiger partial charge in [0.05, 0.1) is 6.04 Å². The van der Waals surface area contributed by atoms with E-state index in [4.69, 9.17) is 11.5 Å². The van der Waals surface area contributed by atoms with Gasteiger partial charge in [-0.15, -0.1) is 0 Å². The highest BCUT2D eigenvalue weighted by Crippen LogP contribution is 2.09. The molecule has 0 fully saturated rings. The summed E-state index contributed by atoms with van der Waals surface area (Å²) >= 11 is 0. The van der Waals surface area contributed by atoms with E-state index < -0.39 is 47.9 Å². The van der Waals surface area contributed by atoms with Gasteiger partial charge in [-0.05, 0) is 50.0 Å². The highest BCUT2D eigenvalue weighted by molar-refractivity contribution is 5.94. The predicted octanol–water partition coefficient (Wildman–Crippen LogP) is 0.340. The van der Waals surface area contributed by atoms with Crippen LogP contribution in [-0.4, -0.2) is 59.5 Å². The largest absolute Gasteiger partial charge is 0.480 e. The number of amides is 3. The number of nitrogens with two attached hydrogens (primary N) is 2. The first-order valence-electron chi connectivity index (χ1n) is 11.4. The van der Waals surface area contributed by atoms with Crippen molar-refractivity contribution in [3.05, 3.63) is 0 Å². The predicted molar refractivity (Wildman–Crippen MR) is 123 cm³/mol. The summed E-state index contributed by atoms with van der Waals surface area (Å²) < 4.78 is 0. The van der Waals surface area contributed by atoms with Crippen LogP contribution in [0.3, 0.4) is 0 Å². The van der Waals surface area contributed by atoms with Crippen LogP contribution in [0.25, 0.3) is 0 Å². The maximum Gasteiger partial charge on any atom is 0.326 e. The van der Waals surface area contributed by atoms with Crippen LogP contribution in [-0.2, 0) is 19.2 Å². The molecule has 0 spiro atoms. The summed E-state index contributed by atoms with van der Waals surface area (Å²) in [6.45, 7) is 11.3. The lowest BCUT2D eigenvalue weighted by Crippen LogP contribution is -2.58. The molecule has 0 aliphatic carbocycles. The molecule has 8 N–H and O–H groups in total. The zero-order chi connectivity index (χ0) is 25.0. The van der Waals surface area contributed by atoms with Crippen molar-refractivity contribution < 1.29 is 24.3 Å². The van der Waals surface area contributed by atoms with Crippen LogP contribution in [0.2, 0.25) is 0 Å². The zero-order valence-electron chi connectivity index (χ0n) is 20.3. The maximum absolute atomic E-state index is 13.0. The molecule has 0 aromatic rings. The van der Waals surface area contributed by atoms with Gasteiger partial charge in [-0.25, -0.2) is 4.79 Å². The number of carbonyl (C=O) groups is 4. The average molecular weight is 458 g/mol. The van der Waals surface area contributed by atoms with E-state index in [-0.39, 0.29) is 17.8 Å². The number of carbonyl (C=O) groups excluding carboxylic acids is 3. The molecule has 10 nitrogen and oxygen atoms in total. The normalized spacial score (nSPS) is 15.2. The van der Waals surface area contributed by atoms with Crippen molar-refractivity contribution in [2.45, 2.75) is 91.4 Å². The molecule has 0 aromatic heterocycles. The Morgan fingerprint density at radius 3 is 1.75 bits per heavy atom. The molecular weight excluding hydrogens is 414 g/mol. The second-order valence-electron chi connectivity index (χ2n) is 9.38. The summed E-state index contributed by atoms with van der Waals surface area (Å²) in [6.07, 6.45) is 2.01. The number of hydrogen-bond donors (Lipinski definition) is 6. The zero-order valence-corrected chi connectivity index (χ0v) is 20.3. The summed E-state index contributed by atoms with van der Waals surface area (Å²) in [5.74, 6) is -3.03. The third-order valence-electron chi connectivity index (χ3n) is 5.12. The van der Waals surface area contributed by atoms with Gasteiger partial charge < -0.3 is 32.5 Å². The Bertz CT molecular complexity index is 624. The summed E-state index contributed by atoms with van der Waals surface area (Å²) in [7, 11) is 0. The Labute approximate surface area is 191 Å². The smallest absolute Gasteiger partial charge is 0.326 e. The molecule has 0 saturated heterocycles. The molecule has 0 rings (SSSR count). The molecule has 4 unspecified atom stereocenters. The molecule has 32 heavy (non-hydrogen) atoms. The Morgan fingerprint density at radius 1 is 0.781 bits per heavy atom. The molecule has 0 saturated carbocycles. The number of hydrogen-bond acceptors (Lipinski definition) is 6. The number of carboxylic acids is 1. The molecule has 0 aliphatic heterocycles. The fraction of sp³-hybridized carbons (Fsp3) is 0.818. The van der Waals surface area contributed by atoms with Crippen LogP contribution < -0.4 is 27.4 Å². The molecule has 4 atom stereocenters. The lowest BCUT2D eigenvalue weighted by atomic mass is 9.99. The van der Waals surface area contributed by atoms with Crippen molar-refractivity contribution in [1.82, 2.24) is 16.0 Å². The quantitative estimate of drug-likeness (QED) is 0.192. The third-order valence-corrected chi connectivity index (χ3v) is 5.12. The molecular formula is C22H43N5O5. The molecule has 0 radical (unpaired) electrons. The number of rotatable bonds is 15. The van der Waals surface area contributed by atoms with Crippen molar-refractivity contribution in [3.63, 3.8) is 0 Å². The van der Waals surface area contributed by atoms with E-state index in [1.165, 1.54) is 0 Å². The first kappa shape index (κ1) is 29.8. The van der Waals surface area contributed by atoms with Gasteiger partial charge in [-0.1, -0.05) is 41.5 Å². The summed E-state index contributed by atoms with van der Waals surface area (Å²) in [5.41, 5.74) is 11.5. The highest BCUT2D eigenvalue weighted by atomic mass is 16.4. The van der Waals surface area contributed by atoms with E-state index >= 15 is 0 Å². The Morgan fingerprint density at radius 2 is 1.31 bits per heavy atom. The van der Waals surface area contributed by atoms with Crippen molar-refractivity contribution >= 4 is 23.7 Å². The number of nitrogens with one attached hydrogen (secondary N) is 3. The van der Waals surface area contributed by atoms with E-state index in [0.717, 1.165) is 0 Å². The maximum atomic E-state index is 13.0. The first-order valence-corrected chi connectivity index (χ1v) is 11.4. The minimum atomic E-state index is -1.15. The van der Waals surface area contributed by atoms with Crippen LogP contribution in [0, 0.1) is 17.8 Å². The third kappa shape index (κ3) is 10.9. The molecule has 0 aromatic carbocycles. The minimum absolute atomic E-state index is 0.223. The summed E-state index contributed by atoms with van der Waals surface area (Å²) in [6, 6.07) is -3.65. The van der Waals surface area contributed by atoms with Crippen LogP contribution >= 0.6 is 0 Å². The van der Waals surface area contributed by atoms with Crippen LogP contribution in [0.4, 0.5) is 0 Å². The monoisotopic (exact) mass is 457 g/mol. The van der Waals surface area contributed by atoms with Gasteiger partial charge in [0.25, 0.3) is 0 Å². The van der Waals surface area contributed by atoms with Gasteiger partial charge in [0, 0.05) is 0 Å². The summed E-state index contributed by atoms with van der Waals surface area (Å²) in [4.78, 5) is 49.7. The van der Waals surface area contributed by atoms with E-state index in [9.17, 15) is 24.3 Å². The Balaban J connectivity index is 5.42. The number of aliphatic carboxylic acids is 1. The second-order valence-corrected chi connectivity index (χ2v) is 9.38. The fourth-order valence-corrected chi connectivity index (χ4v) is 3.20. The van der Waals surface area contributed by atoms with Gasteiger partial charge >= 0.3 is 5.97 Å². The molecule has 3 amide bonds. The van der Waals surface area contributed by atoms with Gasteiger partial charge in [-0.2, -0.15) is 0 Å². The van der Waals surface area contributed by atoms with Crippen molar-refractivity contribution in [1.29, 1.82) is 0 Å². The lowest BCUT2D eigenvalue weighted by molar-refractivity contribution is -0.143. The van der Waals surface area contributed by atoms with E-state index in [2.05, 4.69) is 16.0 Å². The van der Waals surface area contributed by atoms with Crippen molar-refractivity contribution in [3.8, 4) is 0 Å². The van der Waals surface area contributed by atoms with E-state index in [1.54, 1.807) is 27.7 Å². The van der Waals surface area contributed by atoms with Crippen LogP contribution in [0.5, 0.6) is 0 Å². The van der Waals surface area contributed by atoms with Gasteiger partial charge in [-0.3, -0.25) is 14.4 Å². The summed E-state index contributed by atoms with van der Waals surface area (Å²) in [5, 5.41) is 17.2. The van der Waals surface area contributed by atoms with Gasteiger partial charge in [0.15, 0.2) is 0 Å². The van der Waals surface area contributed by atoms with Crippen molar-refractivity contribution in [2.24, 2.45) is 29.2 Å². The average Bonchev–Trinajstić information content (AvgIpc) is 2.67. The van der Waals surface area contributed by atoms with Crippen LogP contribution in [0.1, 0.15) is 67.2 Å². The van der Waals surface area contributed by atoms with E-state index in [1.807, 2.05) is 13.8 Å². The lowest BCUT2D eigenvalue weighted by Gasteiger charge is -2.27. The topological polar surface area (TPSA) is 177 Å². The van der Waals surface area contributed by atoms with Crippen LogP contribution in [0.15, 0.2) is 0 Å². The minimum Gasteiger partial charge on any atom is -0.480 e. The Hall–Kier alpha value is -2.20. The first-order chi connectivity index (χ1) is 14.8. The van der Waals surface area contributed by atoms with Gasteiger partial charge in [0.1, 0.15) is 18.1 Å².